The van der Waals surface area contributed by atoms with Crippen LogP contribution < -0.4 is 10.6 Å². The molecule has 1 aliphatic rings. The van der Waals surface area contributed by atoms with Gasteiger partial charge >= 0.3 is 0 Å². The van der Waals surface area contributed by atoms with Gasteiger partial charge in [0.15, 0.2) is 0 Å². The summed E-state index contributed by atoms with van der Waals surface area (Å²) in [5.74, 6) is 1.51. The van der Waals surface area contributed by atoms with Gasteiger partial charge in [0, 0.05) is 13.1 Å². The maximum Gasteiger partial charge on any atom is 0.147 e. The van der Waals surface area contributed by atoms with Crippen molar-refractivity contribution in [3.63, 3.8) is 0 Å². The van der Waals surface area contributed by atoms with Crippen molar-refractivity contribution in [2.75, 3.05) is 23.7 Å². The second-order valence-corrected chi connectivity index (χ2v) is 5.71. The number of nitrogens with one attached hydrogen (secondary N) is 2. The third kappa shape index (κ3) is 4.63. The predicted octanol–water partition coefficient (Wildman–Crippen LogP) is 2.80. The van der Waals surface area contributed by atoms with Crippen molar-refractivity contribution in [2.24, 2.45) is 0 Å². The SMILES string of the molecule is CCCNc1cncc(NCC2(O)CCCCCC2)n1. The molecule has 0 amide bonds. The highest BCUT2D eigenvalue weighted by Crippen LogP contribution is 2.27. The van der Waals surface area contributed by atoms with Crippen molar-refractivity contribution < 1.29 is 5.11 Å². The van der Waals surface area contributed by atoms with E-state index >= 15 is 0 Å². The van der Waals surface area contributed by atoms with Crippen LogP contribution in [0.15, 0.2) is 12.4 Å². The van der Waals surface area contributed by atoms with Crippen LogP contribution in [0.1, 0.15) is 51.9 Å². The summed E-state index contributed by atoms with van der Waals surface area (Å²) in [6.07, 6.45) is 10.9. The van der Waals surface area contributed by atoms with Crippen molar-refractivity contribution in [2.45, 2.75) is 57.5 Å². The van der Waals surface area contributed by atoms with E-state index < -0.39 is 5.60 Å². The van der Waals surface area contributed by atoms with Gasteiger partial charge in [0.05, 0.1) is 18.0 Å². The Bertz CT molecular complexity index is 403. The first-order chi connectivity index (χ1) is 9.72. The van der Waals surface area contributed by atoms with Crippen LogP contribution in [0, 0.1) is 0 Å². The summed E-state index contributed by atoms with van der Waals surface area (Å²) >= 11 is 0. The number of hydrogen-bond donors (Lipinski definition) is 3. The summed E-state index contributed by atoms with van der Waals surface area (Å²) in [5, 5.41) is 17.0. The molecule has 0 bridgehead atoms. The van der Waals surface area contributed by atoms with Crippen LogP contribution in [0.5, 0.6) is 0 Å². The van der Waals surface area contributed by atoms with Crippen molar-refractivity contribution in [1.29, 1.82) is 0 Å². The number of aromatic nitrogens is 2. The third-order valence-electron chi connectivity index (χ3n) is 3.82. The minimum Gasteiger partial charge on any atom is -0.388 e. The minimum absolute atomic E-state index is 0.554. The number of hydrogen-bond acceptors (Lipinski definition) is 5. The van der Waals surface area contributed by atoms with E-state index in [1.165, 1.54) is 12.8 Å². The molecule has 3 N–H and O–H groups in total. The Kier molecular flexibility index (Phi) is 5.59. The van der Waals surface area contributed by atoms with Crippen molar-refractivity contribution >= 4 is 11.6 Å². The first-order valence-electron chi connectivity index (χ1n) is 7.74. The first-order valence-corrected chi connectivity index (χ1v) is 7.74. The lowest BCUT2D eigenvalue weighted by atomic mass is 9.94. The maximum atomic E-state index is 10.6. The fraction of sp³-hybridized carbons (Fsp3) is 0.733. The normalized spacial score (nSPS) is 18.3. The van der Waals surface area contributed by atoms with Gasteiger partial charge in [0.2, 0.25) is 0 Å². The second kappa shape index (κ2) is 7.43. The molecule has 0 aromatic carbocycles. The molecule has 112 valence electrons. The quantitative estimate of drug-likeness (QED) is 0.698. The van der Waals surface area contributed by atoms with Gasteiger partial charge in [-0.25, -0.2) is 4.98 Å². The van der Waals surface area contributed by atoms with E-state index in [9.17, 15) is 5.11 Å². The molecule has 1 aliphatic carbocycles. The highest BCUT2D eigenvalue weighted by atomic mass is 16.3. The predicted molar refractivity (Wildman–Crippen MR) is 82.0 cm³/mol. The molecule has 1 fully saturated rings. The second-order valence-electron chi connectivity index (χ2n) is 5.71. The summed E-state index contributed by atoms with van der Waals surface area (Å²) in [6.45, 7) is 3.56. The Balaban J connectivity index is 1.89. The lowest BCUT2D eigenvalue weighted by Gasteiger charge is -2.27. The van der Waals surface area contributed by atoms with Crippen LogP contribution in [-0.4, -0.2) is 33.8 Å². The molecule has 1 aromatic rings. The fourth-order valence-electron chi connectivity index (χ4n) is 2.61. The molecular formula is C15H26N4O. The lowest BCUT2D eigenvalue weighted by molar-refractivity contribution is 0.0380. The van der Waals surface area contributed by atoms with Gasteiger partial charge in [-0.3, -0.25) is 4.98 Å². The Morgan fingerprint density at radius 1 is 1.10 bits per heavy atom. The highest BCUT2D eigenvalue weighted by Gasteiger charge is 2.27. The minimum atomic E-state index is -0.592. The van der Waals surface area contributed by atoms with Crippen LogP contribution in [0.25, 0.3) is 0 Å². The zero-order valence-corrected chi connectivity index (χ0v) is 12.4. The van der Waals surface area contributed by atoms with E-state index in [-0.39, 0.29) is 0 Å². The number of aliphatic hydroxyl groups is 1. The molecule has 0 radical (unpaired) electrons. The standard InChI is InChI=1S/C15H26N4O/c1-2-9-17-13-10-16-11-14(19-13)18-12-15(20)7-5-3-4-6-8-15/h10-11,20H,2-9,12H2,1H3,(H2,17,18,19). The van der Waals surface area contributed by atoms with E-state index in [0.717, 1.165) is 50.3 Å². The smallest absolute Gasteiger partial charge is 0.147 e. The summed E-state index contributed by atoms with van der Waals surface area (Å²) in [6, 6.07) is 0. The first kappa shape index (κ1) is 15.0. The summed E-state index contributed by atoms with van der Waals surface area (Å²) in [5.41, 5.74) is -0.592. The molecule has 2 rings (SSSR count). The molecule has 1 heterocycles. The Morgan fingerprint density at radius 2 is 1.75 bits per heavy atom. The highest BCUT2D eigenvalue weighted by molar-refractivity contribution is 5.41. The van der Waals surface area contributed by atoms with Crippen LogP contribution in [-0.2, 0) is 0 Å². The summed E-state index contributed by atoms with van der Waals surface area (Å²) in [7, 11) is 0. The molecule has 0 unspecified atom stereocenters. The van der Waals surface area contributed by atoms with Gasteiger partial charge < -0.3 is 15.7 Å². The van der Waals surface area contributed by atoms with E-state index in [1.54, 1.807) is 12.4 Å². The molecule has 0 spiro atoms. The number of nitrogens with zero attached hydrogens (tertiary/aromatic N) is 2. The molecular weight excluding hydrogens is 252 g/mol. The zero-order chi connectivity index (χ0) is 14.3. The molecule has 0 atom stereocenters. The maximum absolute atomic E-state index is 10.6. The summed E-state index contributed by atoms with van der Waals surface area (Å²) in [4.78, 5) is 8.63. The fourth-order valence-corrected chi connectivity index (χ4v) is 2.61. The van der Waals surface area contributed by atoms with Crippen molar-refractivity contribution in [1.82, 2.24) is 9.97 Å². The Labute approximate surface area is 121 Å². The van der Waals surface area contributed by atoms with Gasteiger partial charge in [-0.1, -0.05) is 32.6 Å². The topological polar surface area (TPSA) is 70.1 Å². The van der Waals surface area contributed by atoms with E-state index in [2.05, 4.69) is 27.5 Å². The van der Waals surface area contributed by atoms with Crippen LogP contribution >= 0.6 is 0 Å². The van der Waals surface area contributed by atoms with E-state index in [1.807, 2.05) is 0 Å². The van der Waals surface area contributed by atoms with Crippen LogP contribution in [0.3, 0.4) is 0 Å². The molecule has 0 aliphatic heterocycles. The molecule has 5 heteroatoms. The van der Waals surface area contributed by atoms with Gasteiger partial charge in [0.25, 0.3) is 0 Å². The van der Waals surface area contributed by atoms with Crippen LogP contribution in [0.2, 0.25) is 0 Å². The molecule has 5 nitrogen and oxygen atoms in total. The largest absolute Gasteiger partial charge is 0.388 e. The van der Waals surface area contributed by atoms with E-state index in [0.29, 0.717) is 6.54 Å². The monoisotopic (exact) mass is 278 g/mol. The van der Waals surface area contributed by atoms with E-state index in [4.69, 9.17) is 0 Å². The van der Waals surface area contributed by atoms with Gasteiger partial charge in [-0.05, 0) is 19.3 Å². The molecule has 1 aromatic heterocycles. The van der Waals surface area contributed by atoms with Gasteiger partial charge in [0.1, 0.15) is 11.6 Å². The number of anilines is 2. The molecule has 20 heavy (non-hydrogen) atoms. The molecule has 1 saturated carbocycles. The van der Waals surface area contributed by atoms with Gasteiger partial charge in [-0.15, -0.1) is 0 Å². The molecule has 0 saturated heterocycles. The lowest BCUT2D eigenvalue weighted by Crippen LogP contribution is -2.36. The van der Waals surface area contributed by atoms with Crippen LogP contribution in [0.4, 0.5) is 11.6 Å². The van der Waals surface area contributed by atoms with Crippen molar-refractivity contribution in [3.05, 3.63) is 12.4 Å². The van der Waals surface area contributed by atoms with Gasteiger partial charge in [-0.2, -0.15) is 0 Å². The van der Waals surface area contributed by atoms with Crippen molar-refractivity contribution in [3.8, 4) is 0 Å². The third-order valence-corrected chi connectivity index (χ3v) is 3.82. The average Bonchev–Trinajstić information content (AvgIpc) is 2.69. The average molecular weight is 278 g/mol. The number of rotatable bonds is 6. The Hall–Kier alpha value is -1.36. The summed E-state index contributed by atoms with van der Waals surface area (Å²) < 4.78 is 0. The zero-order valence-electron chi connectivity index (χ0n) is 12.4. The Morgan fingerprint density at radius 3 is 2.40 bits per heavy atom.